The van der Waals surface area contributed by atoms with Crippen molar-refractivity contribution in [3.8, 4) is 16.9 Å². The fourth-order valence-corrected chi connectivity index (χ4v) is 3.27. The summed E-state index contributed by atoms with van der Waals surface area (Å²) in [5, 5.41) is 0. The molecule has 2 heteroatoms. The lowest BCUT2D eigenvalue weighted by Gasteiger charge is -2.09. The van der Waals surface area contributed by atoms with Gasteiger partial charge in [-0.05, 0) is 64.8 Å². The highest BCUT2D eigenvalue weighted by Crippen LogP contribution is 2.24. The predicted octanol–water partition coefficient (Wildman–Crippen LogP) is 7.12. The molecule has 0 aliphatic rings. The summed E-state index contributed by atoms with van der Waals surface area (Å²) in [4.78, 5) is 12.1. The fraction of sp³-hybridized carbons (Fsp3) is 0.250. The molecular formula is C28H30O2. The van der Waals surface area contributed by atoms with Gasteiger partial charge in [0.2, 0.25) is 0 Å². The summed E-state index contributed by atoms with van der Waals surface area (Å²) in [6.07, 6.45) is 6.55. The zero-order valence-corrected chi connectivity index (χ0v) is 18.1. The Balaban J connectivity index is 1.58. The Labute approximate surface area is 180 Å². The number of ether oxygens (including phenoxy) is 1. The molecule has 0 N–H and O–H groups in total. The Morgan fingerprint density at radius 3 is 1.97 bits per heavy atom. The summed E-state index contributed by atoms with van der Waals surface area (Å²) < 4.78 is 5.42. The topological polar surface area (TPSA) is 26.3 Å². The number of hydrogen-bond acceptors (Lipinski definition) is 2. The summed E-state index contributed by atoms with van der Waals surface area (Å²) in [5.41, 5.74) is 5.90. The quantitative estimate of drug-likeness (QED) is 0.229. The number of carbonyl (C=O) groups is 1. The van der Waals surface area contributed by atoms with E-state index in [1.807, 2.05) is 36.4 Å². The zero-order valence-electron chi connectivity index (χ0n) is 18.1. The maximum absolute atomic E-state index is 12.1. The van der Waals surface area contributed by atoms with Crippen LogP contribution in [0.4, 0.5) is 0 Å². The number of rotatable bonds is 8. The number of hydrogen-bond donors (Lipinski definition) is 0. The van der Waals surface area contributed by atoms with Crippen molar-refractivity contribution in [1.82, 2.24) is 0 Å². The van der Waals surface area contributed by atoms with Crippen molar-refractivity contribution in [2.24, 2.45) is 5.92 Å². The minimum Gasteiger partial charge on any atom is -0.423 e. The molecule has 0 radical (unpaired) electrons. The molecule has 3 rings (SSSR count). The molecule has 154 valence electrons. The molecular weight excluding hydrogens is 368 g/mol. The second kappa shape index (κ2) is 10.6. The fourth-order valence-electron chi connectivity index (χ4n) is 3.27. The van der Waals surface area contributed by atoms with Crippen LogP contribution < -0.4 is 4.74 Å². The first-order valence-corrected chi connectivity index (χ1v) is 10.8. The van der Waals surface area contributed by atoms with E-state index in [1.54, 1.807) is 6.08 Å². The van der Waals surface area contributed by atoms with Gasteiger partial charge in [-0.1, -0.05) is 87.9 Å². The Morgan fingerprint density at radius 2 is 1.40 bits per heavy atom. The van der Waals surface area contributed by atoms with E-state index in [0.717, 1.165) is 29.5 Å². The monoisotopic (exact) mass is 398 g/mol. The molecule has 0 saturated carbocycles. The average Bonchev–Trinajstić information content (AvgIpc) is 2.79. The molecule has 0 aliphatic carbocycles. The van der Waals surface area contributed by atoms with E-state index in [2.05, 4.69) is 57.2 Å². The minimum atomic E-state index is -0.378. The molecule has 1 unspecified atom stereocenters. The molecule has 1 atom stereocenters. The van der Waals surface area contributed by atoms with E-state index < -0.39 is 0 Å². The van der Waals surface area contributed by atoms with Crippen molar-refractivity contribution in [2.75, 3.05) is 0 Å². The Hall–Kier alpha value is -3.13. The lowest BCUT2D eigenvalue weighted by Crippen LogP contribution is -2.03. The molecule has 0 spiro atoms. The van der Waals surface area contributed by atoms with Gasteiger partial charge in [0.05, 0.1) is 0 Å². The molecule has 2 nitrogen and oxygen atoms in total. The van der Waals surface area contributed by atoms with Gasteiger partial charge in [-0.3, -0.25) is 0 Å². The summed E-state index contributed by atoms with van der Waals surface area (Å²) in [5.74, 6) is 0.870. The van der Waals surface area contributed by atoms with Crippen LogP contribution in [0.2, 0.25) is 0 Å². The Kier molecular flexibility index (Phi) is 7.62. The van der Waals surface area contributed by atoms with E-state index in [4.69, 9.17) is 4.74 Å². The van der Waals surface area contributed by atoms with Crippen LogP contribution in [0.15, 0.2) is 78.9 Å². The molecule has 0 aromatic heterocycles. The van der Waals surface area contributed by atoms with Crippen molar-refractivity contribution < 1.29 is 9.53 Å². The Morgan fingerprint density at radius 1 is 0.833 bits per heavy atom. The molecule has 0 heterocycles. The highest BCUT2D eigenvalue weighted by atomic mass is 16.5. The van der Waals surface area contributed by atoms with Crippen molar-refractivity contribution >= 4 is 12.0 Å². The molecule has 3 aromatic carbocycles. The van der Waals surface area contributed by atoms with Gasteiger partial charge in [0.1, 0.15) is 5.75 Å². The van der Waals surface area contributed by atoms with E-state index in [-0.39, 0.29) is 5.97 Å². The summed E-state index contributed by atoms with van der Waals surface area (Å²) in [6.45, 7) is 6.63. The molecule has 3 aromatic rings. The number of carbonyl (C=O) groups excluding carboxylic acids is 1. The smallest absolute Gasteiger partial charge is 0.336 e. The van der Waals surface area contributed by atoms with Gasteiger partial charge >= 0.3 is 5.97 Å². The first kappa shape index (κ1) is 21.6. The molecule has 30 heavy (non-hydrogen) atoms. The van der Waals surface area contributed by atoms with Gasteiger partial charge in [0.25, 0.3) is 0 Å². The van der Waals surface area contributed by atoms with Crippen molar-refractivity contribution in [1.29, 1.82) is 0 Å². The molecule has 0 amide bonds. The summed E-state index contributed by atoms with van der Waals surface area (Å²) in [6, 6.07) is 24.5. The SMILES string of the molecule is CCc1ccc(/C=C/C(=O)Oc2ccc(-c3ccc(CC(C)CC)cc3)cc2)cc1. The van der Waals surface area contributed by atoms with Gasteiger partial charge in [0, 0.05) is 6.08 Å². The van der Waals surface area contributed by atoms with Crippen LogP contribution in [0.5, 0.6) is 5.75 Å². The lowest BCUT2D eigenvalue weighted by molar-refractivity contribution is -0.128. The number of aryl methyl sites for hydroxylation is 1. The van der Waals surface area contributed by atoms with Crippen LogP contribution in [-0.4, -0.2) is 5.97 Å². The van der Waals surface area contributed by atoms with Crippen LogP contribution in [0, 0.1) is 5.92 Å². The predicted molar refractivity (Wildman–Crippen MR) is 126 cm³/mol. The van der Waals surface area contributed by atoms with E-state index in [0.29, 0.717) is 11.7 Å². The zero-order chi connectivity index (χ0) is 21.3. The van der Waals surface area contributed by atoms with Crippen LogP contribution in [0.1, 0.15) is 43.9 Å². The first-order chi connectivity index (χ1) is 14.6. The minimum absolute atomic E-state index is 0.378. The van der Waals surface area contributed by atoms with Crippen LogP contribution >= 0.6 is 0 Å². The molecule has 0 saturated heterocycles. The van der Waals surface area contributed by atoms with E-state index >= 15 is 0 Å². The Bertz CT molecular complexity index is 965. The van der Waals surface area contributed by atoms with Crippen LogP contribution in [0.25, 0.3) is 17.2 Å². The highest BCUT2D eigenvalue weighted by molar-refractivity contribution is 5.88. The lowest BCUT2D eigenvalue weighted by atomic mass is 9.97. The third-order valence-electron chi connectivity index (χ3n) is 5.44. The van der Waals surface area contributed by atoms with E-state index in [1.165, 1.54) is 23.6 Å². The molecule has 0 bridgehead atoms. The van der Waals surface area contributed by atoms with Gasteiger partial charge in [-0.15, -0.1) is 0 Å². The van der Waals surface area contributed by atoms with Gasteiger partial charge in [-0.25, -0.2) is 4.79 Å². The van der Waals surface area contributed by atoms with Gasteiger partial charge in [0.15, 0.2) is 0 Å². The first-order valence-electron chi connectivity index (χ1n) is 10.8. The highest BCUT2D eigenvalue weighted by Gasteiger charge is 2.04. The average molecular weight is 399 g/mol. The second-order valence-electron chi connectivity index (χ2n) is 7.79. The van der Waals surface area contributed by atoms with Crippen molar-refractivity contribution in [3.05, 3.63) is 95.6 Å². The summed E-state index contributed by atoms with van der Waals surface area (Å²) >= 11 is 0. The third kappa shape index (κ3) is 6.18. The number of benzene rings is 3. The van der Waals surface area contributed by atoms with Gasteiger partial charge < -0.3 is 4.74 Å². The van der Waals surface area contributed by atoms with Crippen LogP contribution in [0.3, 0.4) is 0 Å². The van der Waals surface area contributed by atoms with Gasteiger partial charge in [-0.2, -0.15) is 0 Å². The summed E-state index contributed by atoms with van der Waals surface area (Å²) in [7, 11) is 0. The van der Waals surface area contributed by atoms with E-state index in [9.17, 15) is 4.79 Å². The van der Waals surface area contributed by atoms with Crippen LogP contribution in [-0.2, 0) is 17.6 Å². The largest absolute Gasteiger partial charge is 0.423 e. The standard InChI is InChI=1S/C28H30O2/c1-4-21(3)20-24-10-13-25(14-11-24)26-15-17-27(18-16-26)30-28(29)19-12-23-8-6-22(5-2)7-9-23/h6-19,21H,4-5,20H2,1-3H3/b19-12+. The molecule has 0 aliphatic heterocycles. The van der Waals surface area contributed by atoms with Crippen molar-refractivity contribution in [3.63, 3.8) is 0 Å². The maximum Gasteiger partial charge on any atom is 0.336 e. The maximum atomic E-state index is 12.1. The molecule has 0 fully saturated rings. The number of esters is 1. The second-order valence-corrected chi connectivity index (χ2v) is 7.79. The van der Waals surface area contributed by atoms with Crippen molar-refractivity contribution in [2.45, 2.75) is 40.0 Å². The normalized spacial score (nSPS) is 12.1. The third-order valence-corrected chi connectivity index (χ3v) is 5.44.